The molecule has 9 heteroatoms. The molecule has 0 aliphatic carbocycles. The Morgan fingerprint density at radius 3 is 2.65 bits per heavy atom. The fraction of sp³-hybridized carbons (Fsp3) is 0.125. The van der Waals surface area contributed by atoms with Crippen LogP contribution in [0.5, 0.6) is 0 Å². The lowest BCUT2D eigenvalue weighted by molar-refractivity contribution is -0.725. The van der Waals surface area contributed by atoms with E-state index in [1.165, 1.54) is 0 Å². The van der Waals surface area contributed by atoms with Gasteiger partial charge in [-0.1, -0.05) is 16.7 Å². The van der Waals surface area contributed by atoms with Crippen LogP contribution in [-0.2, 0) is 6.18 Å². The molecule has 1 N–H and O–H groups in total. The van der Waals surface area contributed by atoms with E-state index in [4.69, 9.17) is 11.6 Å². The molecule has 1 heterocycles. The zero-order valence-corrected chi connectivity index (χ0v) is 8.71. The molecule has 0 spiro atoms. The molecule has 5 nitrogen and oxygen atoms in total. The molecule has 0 atom stereocenters. The summed E-state index contributed by atoms with van der Waals surface area (Å²) < 4.78 is 41.5. The Morgan fingerprint density at radius 1 is 1.41 bits per heavy atom. The summed E-state index contributed by atoms with van der Waals surface area (Å²) in [7, 11) is 0. The highest BCUT2D eigenvalue weighted by Gasteiger charge is 2.33. The Labute approximate surface area is 96.4 Å². The second-order valence-electron chi connectivity index (χ2n) is 3.05. The highest BCUT2D eigenvalue weighted by molar-refractivity contribution is 6.32. The second-order valence-corrected chi connectivity index (χ2v) is 3.46. The number of aromatic amines is 1. The lowest BCUT2D eigenvalue weighted by atomic mass is 10.2. The van der Waals surface area contributed by atoms with E-state index in [1.54, 1.807) is 0 Å². The predicted molar refractivity (Wildman–Crippen MR) is 48.7 cm³/mol. The van der Waals surface area contributed by atoms with Gasteiger partial charge >= 0.3 is 11.9 Å². The van der Waals surface area contributed by atoms with Crippen LogP contribution >= 0.6 is 11.6 Å². The van der Waals surface area contributed by atoms with E-state index < -0.39 is 17.5 Å². The number of H-pyrrole nitrogens is 1. The predicted octanol–water partition coefficient (Wildman–Crippen LogP) is 1.31. The third-order valence-electron chi connectivity index (χ3n) is 1.90. The Morgan fingerprint density at radius 2 is 2.12 bits per heavy atom. The zero-order valence-electron chi connectivity index (χ0n) is 7.95. The third kappa shape index (κ3) is 2.31. The largest absolute Gasteiger partial charge is 0.493 e. The Balaban J connectivity index is 2.58. The maximum absolute atomic E-state index is 12.5. The average molecular weight is 267 g/mol. The first-order valence-corrected chi connectivity index (χ1v) is 4.61. The molecule has 0 saturated heterocycles. The van der Waals surface area contributed by atoms with Crippen LogP contribution in [0, 0.1) is 0 Å². The average Bonchev–Trinajstić information content (AvgIpc) is 2.63. The number of nitrogens with zero attached hydrogens (tertiary/aromatic N) is 2. The molecule has 1 aromatic carbocycles. The van der Waals surface area contributed by atoms with Gasteiger partial charge in [0.2, 0.25) is 5.27 Å². The van der Waals surface area contributed by atoms with E-state index in [0.29, 0.717) is 0 Å². The number of hydrogen-bond donors (Lipinski definition) is 1. The van der Waals surface area contributed by atoms with Gasteiger partial charge in [0, 0.05) is 6.07 Å². The summed E-state index contributed by atoms with van der Waals surface area (Å²) in [5.74, 6) is -0.904. The van der Waals surface area contributed by atoms with Crippen molar-refractivity contribution in [1.29, 1.82) is 0 Å². The first kappa shape index (κ1) is 11.6. The number of aromatic nitrogens is 3. The quantitative estimate of drug-likeness (QED) is 0.792. The maximum Gasteiger partial charge on any atom is 0.493 e. The van der Waals surface area contributed by atoms with E-state index in [2.05, 4.69) is 9.79 Å². The molecule has 0 saturated carbocycles. The molecule has 0 radical (unpaired) electrons. The molecule has 0 amide bonds. The Kier molecular flexibility index (Phi) is 2.66. The van der Waals surface area contributed by atoms with Crippen molar-refractivity contribution >= 4 is 11.6 Å². The van der Waals surface area contributed by atoms with Gasteiger partial charge in [0.05, 0.1) is 10.4 Å². The van der Waals surface area contributed by atoms with Crippen molar-refractivity contribution in [3.8, 4) is 5.69 Å². The minimum Gasteiger partial charge on any atom is -0.239 e. The number of halogens is 4. The summed E-state index contributed by atoms with van der Waals surface area (Å²) >= 11 is 5.70. The molecular formula is C8H4ClF3N3O2+. The van der Waals surface area contributed by atoms with Crippen LogP contribution in [0.3, 0.4) is 0 Å². The van der Waals surface area contributed by atoms with Gasteiger partial charge in [0.1, 0.15) is 5.02 Å². The van der Waals surface area contributed by atoms with Crippen molar-refractivity contribution in [2.24, 2.45) is 0 Å². The summed E-state index contributed by atoms with van der Waals surface area (Å²) in [5, 5.41) is 5.23. The zero-order chi connectivity index (χ0) is 12.6. The van der Waals surface area contributed by atoms with Crippen molar-refractivity contribution in [2.45, 2.75) is 6.18 Å². The summed E-state index contributed by atoms with van der Waals surface area (Å²) in [6.07, 6.45) is -4.51. The number of hydrogen-bond acceptors (Lipinski definition) is 3. The first-order valence-electron chi connectivity index (χ1n) is 4.23. The summed E-state index contributed by atoms with van der Waals surface area (Å²) in [6.45, 7) is 0. The Hall–Kier alpha value is -1.83. The maximum atomic E-state index is 12.5. The molecular weight excluding hydrogens is 263 g/mol. The fourth-order valence-corrected chi connectivity index (χ4v) is 1.36. The van der Waals surface area contributed by atoms with Gasteiger partial charge in [0.15, 0.2) is 0 Å². The van der Waals surface area contributed by atoms with Crippen molar-refractivity contribution in [3.63, 3.8) is 0 Å². The van der Waals surface area contributed by atoms with Gasteiger partial charge in [-0.15, -0.1) is 0 Å². The highest BCUT2D eigenvalue weighted by atomic mass is 35.5. The van der Waals surface area contributed by atoms with Crippen LogP contribution in [0.4, 0.5) is 13.2 Å². The van der Waals surface area contributed by atoms with Gasteiger partial charge in [-0.25, -0.2) is 9.32 Å². The number of benzene rings is 1. The van der Waals surface area contributed by atoms with Crippen molar-refractivity contribution < 1.29 is 22.5 Å². The van der Waals surface area contributed by atoms with Crippen LogP contribution in [0.15, 0.2) is 27.5 Å². The monoisotopic (exact) mass is 266 g/mol. The molecule has 1 aromatic heterocycles. The highest BCUT2D eigenvalue weighted by Crippen LogP contribution is 2.31. The van der Waals surface area contributed by atoms with Crippen LogP contribution in [-0.4, -0.2) is 10.4 Å². The summed E-state index contributed by atoms with van der Waals surface area (Å²) in [6, 6.07) is 2.63. The standard InChI is InChI=1S/C8H3ClF3N3O2/c9-5-2-1-4(8(10,11)12)3-6(5)15-13-7(16)17-14-15/h1-3H/p+1. The minimum absolute atomic E-state index is 0.00690. The molecule has 90 valence electrons. The number of alkyl halides is 3. The second kappa shape index (κ2) is 3.88. The summed E-state index contributed by atoms with van der Waals surface area (Å²) in [4.78, 5) is 11.4. The van der Waals surface area contributed by atoms with Crippen LogP contribution < -0.4 is 10.6 Å². The van der Waals surface area contributed by atoms with Crippen LogP contribution in [0.2, 0.25) is 5.02 Å². The lowest BCUT2D eigenvalue weighted by Crippen LogP contribution is -2.38. The fourth-order valence-electron chi connectivity index (χ4n) is 1.16. The molecule has 0 unspecified atom stereocenters. The van der Waals surface area contributed by atoms with E-state index in [1.807, 2.05) is 5.10 Å². The SMILES string of the molecule is O=c1[nH][n+](-c2cc(C(F)(F)F)ccc2Cl)no1. The van der Waals surface area contributed by atoms with Crippen molar-refractivity contribution in [1.82, 2.24) is 10.4 Å². The van der Waals surface area contributed by atoms with Gasteiger partial charge in [-0.2, -0.15) is 13.2 Å². The molecule has 0 aliphatic rings. The van der Waals surface area contributed by atoms with Gasteiger partial charge < -0.3 is 0 Å². The molecule has 0 aliphatic heterocycles. The lowest BCUT2D eigenvalue weighted by Gasteiger charge is -2.05. The molecule has 0 fully saturated rings. The van der Waals surface area contributed by atoms with E-state index >= 15 is 0 Å². The van der Waals surface area contributed by atoms with Gasteiger partial charge in [-0.3, -0.25) is 0 Å². The van der Waals surface area contributed by atoms with Gasteiger partial charge in [-0.05, 0) is 12.1 Å². The normalized spacial score (nSPS) is 11.8. The molecule has 2 aromatic rings. The van der Waals surface area contributed by atoms with E-state index in [-0.39, 0.29) is 10.7 Å². The minimum atomic E-state index is -4.51. The van der Waals surface area contributed by atoms with Crippen LogP contribution in [0.25, 0.3) is 5.69 Å². The molecule has 0 bridgehead atoms. The molecule has 2 rings (SSSR count). The third-order valence-corrected chi connectivity index (χ3v) is 2.22. The number of rotatable bonds is 1. The van der Waals surface area contributed by atoms with Crippen LogP contribution in [0.1, 0.15) is 5.56 Å². The van der Waals surface area contributed by atoms with E-state index in [0.717, 1.165) is 23.0 Å². The summed E-state index contributed by atoms with van der Waals surface area (Å²) in [5.41, 5.74) is -1.04. The smallest absolute Gasteiger partial charge is 0.239 e. The Bertz CT molecular complexity index is 605. The number of nitrogens with one attached hydrogen (secondary N) is 1. The van der Waals surface area contributed by atoms with Gasteiger partial charge in [0.25, 0.3) is 5.69 Å². The molecule has 17 heavy (non-hydrogen) atoms. The first-order chi connectivity index (χ1) is 7.88. The van der Waals surface area contributed by atoms with E-state index in [9.17, 15) is 18.0 Å². The van der Waals surface area contributed by atoms with Crippen molar-refractivity contribution in [2.75, 3.05) is 0 Å². The topological polar surface area (TPSA) is 62.8 Å². The van der Waals surface area contributed by atoms with Crippen molar-refractivity contribution in [3.05, 3.63) is 39.3 Å².